The molecule has 1 fully saturated rings. The van der Waals surface area contributed by atoms with Gasteiger partial charge in [-0.25, -0.2) is 4.99 Å². The van der Waals surface area contributed by atoms with Crippen molar-refractivity contribution in [1.82, 2.24) is 4.90 Å². The molecule has 1 saturated heterocycles. The third-order valence-corrected chi connectivity index (χ3v) is 5.20. The van der Waals surface area contributed by atoms with Gasteiger partial charge in [0.05, 0.1) is 13.2 Å². The van der Waals surface area contributed by atoms with Gasteiger partial charge in [-0.3, -0.25) is 9.69 Å². The number of guanidine groups is 1. The summed E-state index contributed by atoms with van der Waals surface area (Å²) in [4.78, 5) is 19.1. The number of nitrogens with two attached hydrogens (primary N) is 1. The summed E-state index contributed by atoms with van der Waals surface area (Å²) in [5, 5.41) is 0. The number of aliphatic imine (C=N–C) groups is 1. The van der Waals surface area contributed by atoms with Crippen molar-refractivity contribution in [2.75, 3.05) is 20.3 Å². The molecule has 1 aromatic rings. The quantitative estimate of drug-likeness (QED) is 0.640. The Morgan fingerprint density at radius 1 is 1.35 bits per heavy atom. The van der Waals surface area contributed by atoms with E-state index in [9.17, 15) is 4.79 Å². The van der Waals surface area contributed by atoms with E-state index < -0.39 is 11.1 Å². The summed E-state index contributed by atoms with van der Waals surface area (Å²) in [6.07, 6.45) is 2.03. The maximum absolute atomic E-state index is 13.0. The molecular formula is C16H20BN3O3. The second-order valence-corrected chi connectivity index (χ2v) is 6.77. The number of likely N-dealkylation sites (N-methyl/N-ethyl adjacent to an activating group) is 1. The van der Waals surface area contributed by atoms with Crippen molar-refractivity contribution in [3.8, 4) is 5.75 Å². The first-order chi connectivity index (χ1) is 11.0. The van der Waals surface area contributed by atoms with Crippen molar-refractivity contribution in [3.63, 3.8) is 0 Å². The van der Waals surface area contributed by atoms with Crippen LogP contribution < -0.4 is 15.9 Å². The van der Waals surface area contributed by atoms with Gasteiger partial charge in [0.2, 0.25) is 0 Å². The first-order valence-corrected chi connectivity index (χ1v) is 7.97. The average Bonchev–Trinajstić information content (AvgIpc) is 2.74. The fraction of sp³-hybridized carbons (Fsp3) is 0.500. The molecular weight excluding hydrogens is 293 g/mol. The molecule has 3 aliphatic rings. The highest BCUT2D eigenvalue weighted by Crippen LogP contribution is 2.51. The summed E-state index contributed by atoms with van der Waals surface area (Å²) in [7, 11) is 3.68. The van der Waals surface area contributed by atoms with E-state index in [2.05, 4.69) is 4.99 Å². The number of ether oxygens (including phenoxy) is 2. The van der Waals surface area contributed by atoms with Gasteiger partial charge >= 0.3 is 0 Å². The molecule has 23 heavy (non-hydrogen) atoms. The van der Waals surface area contributed by atoms with Crippen LogP contribution in [0.25, 0.3) is 0 Å². The van der Waals surface area contributed by atoms with Gasteiger partial charge < -0.3 is 15.2 Å². The Balaban J connectivity index is 1.91. The minimum Gasteiger partial charge on any atom is -0.487 e. The molecule has 1 unspecified atom stereocenters. The molecule has 4 rings (SSSR count). The molecule has 1 atom stereocenters. The molecule has 120 valence electrons. The molecule has 0 radical (unpaired) electrons. The fourth-order valence-electron chi connectivity index (χ4n) is 3.90. The zero-order chi connectivity index (χ0) is 16.2. The zero-order valence-electron chi connectivity index (χ0n) is 13.5. The lowest BCUT2D eigenvalue weighted by Gasteiger charge is -2.46. The van der Waals surface area contributed by atoms with E-state index in [-0.39, 0.29) is 11.9 Å². The summed E-state index contributed by atoms with van der Waals surface area (Å²) in [5.74, 6) is 0.937. The van der Waals surface area contributed by atoms with Crippen molar-refractivity contribution >= 4 is 25.2 Å². The van der Waals surface area contributed by atoms with Crippen molar-refractivity contribution in [2.24, 2.45) is 10.7 Å². The maximum Gasteiger partial charge on any atom is 0.261 e. The highest BCUT2D eigenvalue weighted by Gasteiger charge is 2.58. The molecule has 0 bridgehead atoms. The van der Waals surface area contributed by atoms with Crippen LogP contribution in [0.5, 0.6) is 5.75 Å². The van der Waals surface area contributed by atoms with Crippen LogP contribution in [0.2, 0.25) is 0 Å². The Bertz CT molecular complexity index is 715. The van der Waals surface area contributed by atoms with E-state index in [0.717, 1.165) is 29.6 Å². The highest BCUT2D eigenvalue weighted by atomic mass is 16.5. The van der Waals surface area contributed by atoms with Gasteiger partial charge in [-0.2, -0.15) is 0 Å². The van der Waals surface area contributed by atoms with Crippen LogP contribution in [0.4, 0.5) is 0 Å². The van der Waals surface area contributed by atoms with Gasteiger partial charge in [-0.15, -0.1) is 0 Å². The van der Waals surface area contributed by atoms with Crippen LogP contribution >= 0.6 is 0 Å². The third-order valence-electron chi connectivity index (χ3n) is 5.20. The molecule has 2 spiro atoms. The third kappa shape index (κ3) is 1.99. The molecule has 3 heterocycles. The Labute approximate surface area is 136 Å². The largest absolute Gasteiger partial charge is 0.487 e. The predicted octanol–water partition coefficient (Wildman–Crippen LogP) is -0.741. The lowest BCUT2D eigenvalue weighted by molar-refractivity contribution is -0.137. The second-order valence-electron chi connectivity index (χ2n) is 6.77. The zero-order valence-corrected chi connectivity index (χ0v) is 13.5. The monoisotopic (exact) mass is 313 g/mol. The summed E-state index contributed by atoms with van der Waals surface area (Å²) < 4.78 is 11.8. The summed E-state index contributed by atoms with van der Waals surface area (Å²) >= 11 is 0. The van der Waals surface area contributed by atoms with Gasteiger partial charge in [-0.05, 0) is 6.07 Å². The number of carbonyl (C=O) groups excluding carboxylic acids is 1. The summed E-state index contributed by atoms with van der Waals surface area (Å²) in [6, 6.07) is 5.94. The molecule has 0 saturated carbocycles. The van der Waals surface area contributed by atoms with E-state index in [1.54, 1.807) is 7.05 Å². The number of hydrogen-bond acceptors (Lipinski definition) is 5. The first kappa shape index (κ1) is 14.6. The van der Waals surface area contributed by atoms with Crippen molar-refractivity contribution in [1.29, 1.82) is 0 Å². The molecule has 6 nitrogen and oxygen atoms in total. The highest BCUT2D eigenvalue weighted by molar-refractivity contribution is 6.32. The second kappa shape index (κ2) is 4.74. The van der Waals surface area contributed by atoms with E-state index in [0.29, 0.717) is 19.6 Å². The summed E-state index contributed by atoms with van der Waals surface area (Å²) in [5.41, 5.74) is 6.50. The Morgan fingerprint density at radius 2 is 2.09 bits per heavy atom. The van der Waals surface area contributed by atoms with Gasteiger partial charge in [0.25, 0.3) is 5.91 Å². The number of amides is 1. The van der Waals surface area contributed by atoms with Crippen LogP contribution in [-0.4, -0.2) is 50.5 Å². The van der Waals surface area contributed by atoms with Crippen LogP contribution in [0.15, 0.2) is 23.2 Å². The normalized spacial score (nSPS) is 28.7. The minimum atomic E-state index is -0.963. The lowest BCUT2D eigenvalue weighted by atomic mass is 9.72. The van der Waals surface area contributed by atoms with E-state index in [4.69, 9.17) is 15.2 Å². The number of hydrogen-bond donors (Lipinski definition) is 1. The molecule has 7 heteroatoms. The number of carbonyl (C=O) groups is 1. The maximum atomic E-state index is 13.0. The SMILES string of the molecule is Bc1ccc2c(c1)C1(CC3(CCOCC3)O2)N=C(N)N(C)C1=O. The van der Waals surface area contributed by atoms with Gasteiger partial charge in [-0.1, -0.05) is 17.6 Å². The fourth-order valence-corrected chi connectivity index (χ4v) is 3.90. The van der Waals surface area contributed by atoms with Crippen molar-refractivity contribution in [3.05, 3.63) is 23.8 Å². The first-order valence-electron chi connectivity index (χ1n) is 7.97. The van der Waals surface area contributed by atoms with Crippen LogP contribution in [-0.2, 0) is 15.1 Å². The van der Waals surface area contributed by atoms with E-state index in [1.165, 1.54) is 4.90 Å². The molecule has 1 amide bonds. The standard InChI is InChI=1S/C16H20BN3O3/c1-20-13(21)16(19-14(20)18)9-15(4-6-22-7-5-15)23-12-3-2-10(17)8-11(12)16/h2-3,8H,4-7,9,17H2,1H3,(H2,18,19). The van der Waals surface area contributed by atoms with Gasteiger partial charge in [0.15, 0.2) is 11.5 Å². The molecule has 3 aliphatic heterocycles. The minimum absolute atomic E-state index is 0.0731. The number of fused-ring (bicyclic) bond motifs is 2. The molecule has 2 N–H and O–H groups in total. The Kier molecular flexibility index (Phi) is 3.00. The molecule has 0 aliphatic carbocycles. The van der Waals surface area contributed by atoms with Crippen LogP contribution in [0.3, 0.4) is 0 Å². The van der Waals surface area contributed by atoms with Gasteiger partial charge in [0.1, 0.15) is 19.2 Å². The number of nitrogens with zero attached hydrogens (tertiary/aromatic N) is 2. The van der Waals surface area contributed by atoms with Crippen LogP contribution in [0, 0.1) is 0 Å². The topological polar surface area (TPSA) is 77.2 Å². The Morgan fingerprint density at radius 3 is 2.74 bits per heavy atom. The van der Waals surface area contributed by atoms with Gasteiger partial charge in [0, 0.05) is 31.9 Å². The molecule has 1 aromatic carbocycles. The summed E-state index contributed by atoms with van der Waals surface area (Å²) in [6.45, 7) is 1.28. The smallest absolute Gasteiger partial charge is 0.261 e. The number of rotatable bonds is 0. The van der Waals surface area contributed by atoms with Crippen molar-refractivity contribution in [2.45, 2.75) is 30.4 Å². The predicted molar refractivity (Wildman–Crippen MR) is 88.7 cm³/mol. The lowest BCUT2D eigenvalue weighted by Crippen LogP contribution is -2.54. The number of benzene rings is 1. The Hall–Kier alpha value is -2.02. The average molecular weight is 313 g/mol. The van der Waals surface area contributed by atoms with Crippen molar-refractivity contribution < 1.29 is 14.3 Å². The van der Waals surface area contributed by atoms with Crippen LogP contribution in [0.1, 0.15) is 24.8 Å². The molecule has 0 aromatic heterocycles. The van der Waals surface area contributed by atoms with E-state index >= 15 is 0 Å². The van der Waals surface area contributed by atoms with E-state index in [1.807, 2.05) is 26.0 Å².